The van der Waals surface area contributed by atoms with Crippen molar-refractivity contribution in [2.45, 2.75) is 51.7 Å². The van der Waals surface area contributed by atoms with Crippen molar-refractivity contribution in [2.75, 3.05) is 6.54 Å². The van der Waals surface area contributed by atoms with Crippen LogP contribution < -0.4 is 5.73 Å². The molecule has 2 rings (SSSR count). The average molecular weight is 251 g/mol. The Kier molecular flexibility index (Phi) is 4.07. The molecule has 1 aliphatic rings. The van der Waals surface area contributed by atoms with E-state index < -0.39 is 0 Å². The fourth-order valence-electron chi connectivity index (χ4n) is 2.72. The minimum absolute atomic E-state index is 0.106. The Balaban J connectivity index is 1.97. The molecule has 1 aliphatic carbocycles. The van der Waals surface area contributed by atoms with Crippen molar-refractivity contribution < 1.29 is 4.74 Å². The van der Waals surface area contributed by atoms with Gasteiger partial charge in [0.2, 0.25) is 0 Å². The van der Waals surface area contributed by atoms with Gasteiger partial charge in [-0.05, 0) is 44.6 Å². The summed E-state index contributed by atoms with van der Waals surface area (Å²) in [7, 11) is 1.96. The predicted octanol–water partition coefficient (Wildman–Crippen LogP) is 2.15. The van der Waals surface area contributed by atoms with Gasteiger partial charge in [-0.1, -0.05) is 6.92 Å². The Labute approximate surface area is 110 Å². The van der Waals surface area contributed by atoms with E-state index in [1.165, 1.54) is 12.8 Å². The first-order valence-electron chi connectivity index (χ1n) is 6.88. The van der Waals surface area contributed by atoms with Gasteiger partial charge in [0.15, 0.2) is 0 Å². The maximum absolute atomic E-state index is 6.16. The Hall–Kier alpha value is -0.870. The second-order valence-corrected chi connectivity index (χ2v) is 5.76. The third-order valence-electron chi connectivity index (χ3n) is 4.18. The fourth-order valence-corrected chi connectivity index (χ4v) is 2.72. The number of aromatic nitrogens is 2. The SMILES string of the molecule is Cc1cc(COC2(CN)CCC(C)CC2)n(C)n1. The Morgan fingerprint density at radius 1 is 1.50 bits per heavy atom. The van der Waals surface area contributed by atoms with Crippen LogP contribution in [0.15, 0.2) is 6.07 Å². The first-order valence-corrected chi connectivity index (χ1v) is 6.88. The fraction of sp³-hybridized carbons (Fsp3) is 0.786. The van der Waals surface area contributed by atoms with Gasteiger partial charge in [0.25, 0.3) is 0 Å². The van der Waals surface area contributed by atoms with Gasteiger partial charge in [-0.15, -0.1) is 0 Å². The van der Waals surface area contributed by atoms with E-state index in [0.29, 0.717) is 13.2 Å². The molecule has 0 saturated heterocycles. The lowest BCUT2D eigenvalue weighted by Gasteiger charge is -2.38. The van der Waals surface area contributed by atoms with Crippen LogP contribution in [0.25, 0.3) is 0 Å². The lowest BCUT2D eigenvalue weighted by atomic mass is 9.79. The highest BCUT2D eigenvalue weighted by atomic mass is 16.5. The van der Waals surface area contributed by atoms with Crippen LogP contribution in [0.1, 0.15) is 44.0 Å². The molecule has 0 unspecified atom stereocenters. The summed E-state index contributed by atoms with van der Waals surface area (Å²) in [6, 6.07) is 2.08. The lowest BCUT2D eigenvalue weighted by molar-refractivity contribution is -0.0817. The van der Waals surface area contributed by atoms with Crippen molar-refractivity contribution in [3.8, 4) is 0 Å². The van der Waals surface area contributed by atoms with Crippen LogP contribution in [0.2, 0.25) is 0 Å². The Bertz CT molecular complexity index is 392. The summed E-state index contributed by atoms with van der Waals surface area (Å²) in [5.74, 6) is 0.812. The molecule has 0 bridgehead atoms. The van der Waals surface area contributed by atoms with Crippen LogP contribution in [-0.4, -0.2) is 21.9 Å². The van der Waals surface area contributed by atoms with Gasteiger partial charge in [-0.3, -0.25) is 4.68 Å². The second kappa shape index (κ2) is 5.41. The summed E-state index contributed by atoms with van der Waals surface area (Å²) in [6.07, 6.45) is 4.62. The van der Waals surface area contributed by atoms with E-state index in [0.717, 1.165) is 30.1 Å². The molecule has 1 heterocycles. The zero-order valence-corrected chi connectivity index (χ0v) is 11.8. The first-order chi connectivity index (χ1) is 8.54. The number of nitrogens with zero attached hydrogens (tertiary/aromatic N) is 2. The van der Waals surface area contributed by atoms with E-state index in [2.05, 4.69) is 18.1 Å². The molecule has 2 N–H and O–H groups in total. The second-order valence-electron chi connectivity index (χ2n) is 5.76. The van der Waals surface area contributed by atoms with Crippen molar-refractivity contribution in [1.29, 1.82) is 0 Å². The van der Waals surface area contributed by atoms with Crippen molar-refractivity contribution in [3.05, 3.63) is 17.5 Å². The molecule has 0 atom stereocenters. The molecule has 1 aromatic heterocycles. The summed E-state index contributed by atoms with van der Waals surface area (Å²) in [4.78, 5) is 0. The smallest absolute Gasteiger partial charge is 0.0892 e. The van der Waals surface area contributed by atoms with Crippen LogP contribution in [0.5, 0.6) is 0 Å². The van der Waals surface area contributed by atoms with Gasteiger partial charge in [0.05, 0.1) is 23.6 Å². The zero-order valence-electron chi connectivity index (χ0n) is 11.8. The number of rotatable bonds is 4. The Morgan fingerprint density at radius 3 is 2.67 bits per heavy atom. The van der Waals surface area contributed by atoms with Gasteiger partial charge < -0.3 is 10.5 Å². The van der Waals surface area contributed by atoms with Gasteiger partial charge in [-0.25, -0.2) is 0 Å². The standard InChI is InChI=1S/C14H25N3O/c1-11-4-6-14(10-15,7-5-11)18-9-13-8-12(2)16-17(13)3/h8,11H,4-7,9-10,15H2,1-3H3. The molecule has 0 amide bonds. The molecule has 1 fully saturated rings. The van der Waals surface area contributed by atoms with E-state index in [9.17, 15) is 0 Å². The van der Waals surface area contributed by atoms with Crippen molar-refractivity contribution >= 4 is 0 Å². The molecule has 1 saturated carbocycles. The maximum atomic E-state index is 6.16. The minimum Gasteiger partial charge on any atom is -0.367 e. The molecular formula is C14H25N3O. The first kappa shape index (κ1) is 13.6. The van der Waals surface area contributed by atoms with E-state index >= 15 is 0 Å². The number of hydrogen-bond donors (Lipinski definition) is 1. The van der Waals surface area contributed by atoms with Crippen molar-refractivity contribution in [3.63, 3.8) is 0 Å². The molecule has 0 aliphatic heterocycles. The molecule has 0 spiro atoms. The molecule has 0 aromatic carbocycles. The largest absolute Gasteiger partial charge is 0.367 e. The van der Waals surface area contributed by atoms with Gasteiger partial charge >= 0.3 is 0 Å². The molecule has 102 valence electrons. The van der Waals surface area contributed by atoms with Crippen molar-refractivity contribution in [2.24, 2.45) is 18.7 Å². The van der Waals surface area contributed by atoms with Crippen LogP contribution in [0.3, 0.4) is 0 Å². The molecule has 0 radical (unpaired) electrons. The molecule has 18 heavy (non-hydrogen) atoms. The van der Waals surface area contributed by atoms with Crippen LogP contribution >= 0.6 is 0 Å². The highest BCUT2D eigenvalue weighted by molar-refractivity contribution is 5.07. The third-order valence-corrected chi connectivity index (χ3v) is 4.18. The van der Waals surface area contributed by atoms with Gasteiger partial charge in [0, 0.05) is 13.6 Å². The highest BCUT2D eigenvalue weighted by Gasteiger charge is 2.34. The number of aryl methyl sites for hydroxylation is 2. The van der Waals surface area contributed by atoms with E-state index in [4.69, 9.17) is 10.5 Å². The zero-order chi connectivity index (χ0) is 13.2. The summed E-state index contributed by atoms with van der Waals surface area (Å²) < 4.78 is 8.06. The number of nitrogens with two attached hydrogens (primary N) is 1. The van der Waals surface area contributed by atoms with Crippen LogP contribution in [0, 0.1) is 12.8 Å². The number of hydrogen-bond acceptors (Lipinski definition) is 3. The lowest BCUT2D eigenvalue weighted by Crippen LogP contribution is -2.43. The van der Waals surface area contributed by atoms with Crippen LogP contribution in [0.4, 0.5) is 0 Å². The van der Waals surface area contributed by atoms with Crippen LogP contribution in [-0.2, 0) is 18.4 Å². The molecule has 1 aromatic rings. The summed E-state index contributed by atoms with van der Waals surface area (Å²) in [6.45, 7) is 5.55. The summed E-state index contributed by atoms with van der Waals surface area (Å²) in [5, 5.41) is 4.34. The van der Waals surface area contributed by atoms with Gasteiger partial charge in [0.1, 0.15) is 0 Å². The molecule has 4 heteroatoms. The summed E-state index contributed by atoms with van der Waals surface area (Å²) >= 11 is 0. The quantitative estimate of drug-likeness (QED) is 0.892. The van der Waals surface area contributed by atoms with E-state index in [1.54, 1.807) is 0 Å². The Morgan fingerprint density at radius 2 is 2.17 bits per heavy atom. The van der Waals surface area contributed by atoms with Crippen molar-refractivity contribution in [1.82, 2.24) is 9.78 Å². The monoisotopic (exact) mass is 251 g/mol. The topological polar surface area (TPSA) is 53.1 Å². The average Bonchev–Trinajstić information content (AvgIpc) is 2.68. The third kappa shape index (κ3) is 2.93. The van der Waals surface area contributed by atoms with E-state index in [-0.39, 0.29) is 5.60 Å². The predicted molar refractivity (Wildman–Crippen MR) is 72.2 cm³/mol. The maximum Gasteiger partial charge on any atom is 0.0892 e. The van der Waals surface area contributed by atoms with E-state index in [1.807, 2.05) is 18.7 Å². The molecular weight excluding hydrogens is 226 g/mol. The highest BCUT2D eigenvalue weighted by Crippen LogP contribution is 2.34. The minimum atomic E-state index is -0.106. The number of ether oxygens (including phenoxy) is 1. The summed E-state index contributed by atoms with van der Waals surface area (Å²) in [5.41, 5.74) is 8.00. The normalized spacial score (nSPS) is 28.6. The van der Waals surface area contributed by atoms with Gasteiger partial charge in [-0.2, -0.15) is 5.10 Å². The molecule has 4 nitrogen and oxygen atoms in total.